The molecule has 1 fully saturated rings. The maximum atomic E-state index is 12.8. The monoisotopic (exact) mass is 462 g/mol. The van der Waals surface area contributed by atoms with Gasteiger partial charge in [-0.1, -0.05) is 24.3 Å². The van der Waals surface area contributed by atoms with Crippen LogP contribution in [0.5, 0.6) is 0 Å². The molecule has 7 heteroatoms. The molecule has 0 aliphatic carbocycles. The molecule has 0 aromatic heterocycles. The van der Waals surface area contributed by atoms with Gasteiger partial charge in [0.05, 0.1) is 5.56 Å². The summed E-state index contributed by atoms with van der Waals surface area (Å²) >= 11 is 2.17. The molecule has 4 rings (SSSR count). The van der Waals surface area contributed by atoms with Crippen molar-refractivity contribution in [3.63, 3.8) is 0 Å². The molecule has 132 valence electrons. The number of amides is 2. The Kier molecular flexibility index (Phi) is 4.39. The van der Waals surface area contributed by atoms with Crippen molar-refractivity contribution < 1.29 is 19.1 Å². The molecule has 1 saturated heterocycles. The third-order valence-corrected chi connectivity index (χ3v) is 5.24. The van der Waals surface area contributed by atoms with Crippen molar-refractivity contribution in [2.24, 2.45) is 0 Å². The number of carbonyl (C=O) groups is 3. The molecule has 2 aromatic rings. The molecule has 0 spiro atoms. The van der Waals surface area contributed by atoms with Gasteiger partial charge in [0.1, 0.15) is 6.04 Å². The van der Waals surface area contributed by atoms with E-state index in [1.165, 1.54) is 4.90 Å². The molecule has 26 heavy (non-hydrogen) atoms. The number of ether oxygens (including phenoxy) is 1. The molecule has 0 bridgehead atoms. The maximum absolute atomic E-state index is 12.8. The summed E-state index contributed by atoms with van der Waals surface area (Å²) in [5, 5.41) is 2.86. The lowest BCUT2D eigenvalue weighted by Crippen LogP contribution is -2.43. The first kappa shape index (κ1) is 17.0. The van der Waals surface area contributed by atoms with Crippen LogP contribution in [-0.4, -0.2) is 28.7 Å². The Labute approximate surface area is 163 Å². The normalized spacial score (nSPS) is 21.5. The third kappa shape index (κ3) is 2.96. The second kappa shape index (κ2) is 6.71. The summed E-state index contributed by atoms with van der Waals surface area (Å²) in [4.78, 5) is 38.7. The van der Waals surface area contributed by atoms with Gasteiger partial charge < -0.3 is 10.1 Å². The summed E-state index contributed by atoms with van der Waals surface area (Å²) in [6.45, 7) is 0. The first-order valence-corrected chi connectivity index (χ1v) is 9.30. The summed E-state index contributed by atoms with van der Waals surface area (Å²) in [5.41, 5.74) is 1.73. The number of likely N-dealkylation sites (tertiary alicyclic amines) is 1. The average Bonchev–Trinajstić information content (AvgIpc) is 3.15. The van der Waals surface area contributed by atoms with Gasteiger partial charge in [-0.05, 0) is 53.3 Å². The number of rotatable bonds is 3. The quantitative estimate of drug-likeness (QED) is 0.562. The van der Waals surface area contributed by atoms with Gasteiger partial charge in [-0.3, -0.25) is 14.5 Å². The topological polar surface area (TPSA) is 75.7 Å². The average molecular weight is 462 g/mol. The number of fused-ring (bicyclic) bond motifs is 1. The zero-order valence-electron chi connectivity index (χ0n) is 13.6. The lowest BCUT2D eigenvalue weighted by Gasteiger charge is -2.29. The van der Waals surface area contributed by atoms with Crippen LogP contribution in [0.1, 0.15) is 35.0 Å². The first-order chi connectivity index (χ1) is 12.5. The van der Waals surface area contributed by atoms with E-state index in [1.54, 1.807) is 30.3 Å². The molecule has 2 atom stereocenters. The molecule has 1 unspecified atom stereocenters. The summed E-state index contributed by atoms with van der Waals surface area (Å²) in [7, 11) is 0. The molecular weight excluding hydrogens is 447 g/mol. The van der Waals surface area contributed by atoms with Crippen LogP contribution >= 0.6 is 22.6 Å². The predicted molar refractivity (Wildman–Crippen MR) is 102 cm³/mol. The van der Waals surface area contributed by atoms with Crippen molar-refractivity contribution in [3.05, 3.63) is 63.2 Å². The Morgan fingerprint density at radius 3 is 2.77 bits per heavy atom. The van der Waals surface area contributed by atoms with E-state index in [2.05, 4.69) is 27.9 Å². The number of halogens is 1. The fraction of sp³-hybridized carbons (Fsp3) is 0.211. The minimum absolute atomic E-state index is 0.192. The number of nitrogens with one attached hydrogen (secondary N) is 1. The molecule has 2 heterocycles. The number of anilines is 1. The van der Waals surface area contributed by atoms with E-state index < -0.39 is 18.2 Å². The van der Waals surface area contributed by atoms with Crippen LogP contribution in [0, 0.1) is 3.57 Å². The maximum Gasteiger partial charge on any atom is 0.340 e. The molecular formula is C19H15IN2O4. The number of benzene rings is 2. The van der Waals surface area contributed by atoms with E-state index in [9.17, 15) is 14.4 Å². The van der Waals surface area contributed by atoms with Crippen molar-refractivity contribution in [1.29, 1.82) is 0 Å². The highest BCUT2D eigenvalue weighted by Crippen LogP contribution is 2.38. The van der Waals surface area contributed by atoms with Crippen molar-refractivity contribution in [3.8, 4) is 0 Å². The zero-order valence-corrected chi connectivity index (χ0v) is 15.8. The van der Waals surface area contributed by atoms with Gasteiger partial charge in [0, 0.05) is 21.2 Å². The van der Waals surface area contributed by atoms with Gasteiger partial charge in [0.25, 0.3) is 0 Å². The minimum atomic E-state index is -0.847. The fourth-order valence-electron chi connectivity index (χ4n) is 3.38. The van der Waals surface area contributed by atoms with Crippen molar-refractivity contribution >= 4 is 46.1 Å². The van der Waals surface area contributed by atoms with Crippen LogP contribution in [0.2, 0.25) is 0 Å². The Balaban J connectivity index is 1.60. The number of cyclic esters (lactones) is 1. The molecule has 0 radical (unpaired) electrons. The summed E-state index contributed by atoms with van der Waals surface area (Å²) in [6, 6.07) is 13.7. The van der Waals surface area contributed by atoms with Gasteiger partial charge in [0.15, 0.2) is 0 Å². The van der Waals surface area contributed by atoms with E-state index >= 15 is 0 Å². The summed E-state index contributed by atoms with van der Waals surface area (Å²) in [5.74, 6) is -0.942. The molecule has 1 N–H and O–H groups in total. The lowest BCUT2D eigenvalue weighted by molar-refractivity contribution is -0.144. The molecule has 2 aliphatic heterocycles. The van der Waals surface area contributed by atoms with E-state index in [0.717, 1.165) is 3.57 Å². The number of nitrogens with zero attached hydrogens (tertiary/aromatic N) is 1. The Bertz CT molecular complexity index is 914. The van der Waals surface area contributed by atoms with Gasteiger partial charge >= 0.3 is 5.97 Å². The molecule has 6 nitrogen and oxygen atoms in total. The van der Waals surface area contributed by atoms with Gasteiger partial charge in [-0.2, -0.15) is 0 Å². The van der Waals surface area contributed by atoms with Crippen molar-refractivity contribution in [2.75, 3.05) is 5.32 Å². The van der Waals surface area contributed by atoms with Gasteiger partial charge in [-0.15, -0.1) is 0 Å². The number of esters is 1. The Hall–Kier alpha value is -2.42. The highest BCUT2D eigenvalue weighted by Gasteiger charge is 2.46. The molecule has 2 aromatic carbocycles. The Morgan fingerprint density at radius 2 is 1.96 bits per heavy atom. The highest BCUT2D eigenvalue weighted by atomic mass is 127. The number of hydrogen-bond acceptors (Lipinski definition) is 4. The van der Waals surface area contributed by atoms with Gasteiger partial charge in [-0.25, -0.2) is 4.79 Å². The van der Waals surface area contributed by atoms with Crippen LogP contribution in [0.3, 0.4) is 0 Å². The van der Waals surface area contributed by atoms with E-state index in [0.29, 0.717) is 23.2 Å². The largest absolute Gasteiger partial charge is 0.433 e. The van der Waals surface area contributed by atoms with E-state index in [-0.39, 0.29) is 18.2 Å². The van der Waals surface area contributed by atoms with Crippen LogP contribution in [-0.2, 0) is 14.3 Å². The second-order valence-electron chi connectivity index (χ2n) is 6.20. The van der Waals surface area contributed by atoms with Crippen molar-refractivity contribution in [2.45, 2.75) is 25.1 Å². The van der Waals surface area contributed by atoms with E-state index in [4.69, 9.17) is 4.74 Å². The fourth-order valence-corrected chi connectivity index (χ4v) is 3.92. The van der Waals surface area contributed by atoms with E-state index in [1.807, 2.05) is 18.2 Å². The lowest BCUT2D eigenvalue weighted by atomic mass is 10.1. The minimum Gasteiger partial charge on any atom is -0.433 e. The number of carbonyl (C=O) groups excluding carboxylic acids is 3. The third-order valence-electron chi connectivity index (χ3n) is 4.57. The zero-order chi connectivity index (χ0) is 18.3. The summed E-state index contributed by atoms with van der Waals surface area (Å²) in [6.07, 6.45) is -0.203. The molecule has 0 saturated carbocycles. The van der Waals surface area contributed by atoms with Gasteiger partial charge in [0.2, 0.25) is 18.0 Å². The predicted octanol–water partition coefficient (Wildman–Crippen LogP) is 3.09. The number of hydrogen-bond donors (Lipinski definition) is 1. The molecule has 2 amide bonds. The summed E-state index contributed by atoms with van der Waals surface area (Å²) < 4.78 is 6.42. The smallest absolute Gasteiger partial charge is 0.340 e. The van der Waals surface area contributed by atoms with Crippen LogP contribution in [0.15, 0.2) is 48.5 Å². The first-order valence-electron chi connectivity index (χ1n) is 8.22. The standard InChI is InChI=1S/C19H15IN2O4/c20-11-4-3-5-12(10-11)21-17(24)15-8-9-16(23)22(15)18-13-6-1-2-7-14(13)19(25)26-18/h1-7,10,15,18H,8-9H2,(H,21,24)/t15-,18?/m0/s1. The van der Waals surface area contributed by atoms with Crippen molar-refractivity contribution in [1.82, 2.24) is 4.90 Å². The second-order valence-corrected chi connectivity index (χ2v) is 7.45. The Morgan fingerprint density at radius 1 is 1.15 bits per heavy atom. The highest BCUT2D eigenvalue weighted by molar-refractivity contribution is 14.1. The van der Waals surface area contributed by atoms with Crippen LogP contribution in [0.4, 0.5) is 5.69 Å². The van der Waals surface area contributed by atoms with Crippen LogP contribution < -0.4 is 5.32 Å². The molecule has 2 aliphatic rings. The SMILES string of the molecule is O=C1OC(N2C(=O)CC[C@H]2C(=O)Nc2cccc(I)c2)c2ccccc21. The van der Waals surface area contributed by atoms with Crippen LogP contribution in [0.25, 0.3) is 0 Å².